The van der Waals surface area contributed by atoms with Gasteiger partial charge < -0.3 is 14.2 Å². The molecule has 0 atom stereocenters. The maximum absolute atomic E-state index is 9.15. The summed E-state index contributed by atoms with van der Waals surface area (Å²) >= 11 is 6.33. The number of pyridine rings is 1. The molecule has 0 aliphatic rings. The zero-order valence-electron chi connectivity index (χ0n) is 14.2. The van der Waals surface area contributed by atoms with Gasteiger partial charge in [0.2, 0.25) is 0 Å². The molecule has 0 spiro atoms. The highest BCUT2D eigenvalue weighted by molar-refractivity contribution is 6.36. The first-order valence-corrected chi connectivity index (χ1v) is 8.41. The van der Waals surface area contributed by atoms with Gasteiger partial charge in [-0.25, -0.2) is 0 Å². The SMILES string of the molecule is COCCOc1cc2ncc(C#N)c(Cl)c2cc1OCc1ccccc1. The van der Waals surface area contributed by atoms with Crippen molar-refractivity contribution in [2.24, 2.45) is 0 Å². The number of fused-ring (bicyclic) bond motifs is 1. The van der Waals surface area contributed by atoms with E-state index in [1.807, 2.05) is 36.4 Å². The molecule has 5 nitrogen and oxygen atoms in total. The summed E-state index contributed by atoms with van der Waals surface area (Å²) in [6.45, 7) is 1.22. The lowest BCUT2D eigenvalue weighted by molar-refractivity contribution is 0.143. The molecule has 0 fully saturated rings. The van der Waals surface area contributed by atoms with Crippen LogP contribution in [0.4, 0.5) is 0 Å². The number of benzene rings is 2. The fraction of sp³-hybridized carbons (Fsp3) is 0.200. The third kappa shape index (κ3) is 4.05. The van der Waals surface area contributed by atoms with Crippen LogP contribution in [-0.4, -0.2) is 25.3 Å². The number of methoxy groups -OCH3 is 1. The highest BCUT2D eigenvalue weighted by Gasteiger charge is 2.13. The molecule has 0 aliphatic heterocycles. The Hall–Kier alpha value is -2.81. The Bertz CT molecular complexity index is 939. The van der Waals surface area contributed by atoms with E-state index in [0.717, 1.165) is 5.56 Å². The first-order chi connectivity index (χ1) is 12.7. The van der Waals surface area contributed by atoms with Crippen LogP contribution >= 0.6 is 11.6 Å². The van der Waals surface area contributed by atoms with Gasteiger partial charge in [-0.2, -0.15) is 5.26 Å². The van der Waals surface area contributed by atoms with Gasteiger partial charge in [-0.05, 0) is 11.6 Å². The summed E-state index contributed by atoms with van der Waals surface area (Å²) < 4.78 is 16.8. The van der Waals surface area contributed by atoms with Crippen molar-refractivity contribution in [1.29, 1.82) is 5.26 Å². The van der Waals surface area contributed by atoms with Crippen molar-refractivity contribution in [2.75, 3.05) is 20.3 Å². The van der Waals surface area contributed by atoms with Crippen molar-refractivity contribution in [2.45, 2.75) is 6.61 Å². The molecule has 132 valence electrons. The summed E-state index contributed by atoms with van der Waals surface area (Å²) in [5.41, 5.74) is 1.99. The molecule has 0 radical (unpaired) electrons. The third-order valence-electron chi connectivity index (χ3n) is 3.77. The summed E-state index contributed by atoms with van der Waals surface area (Å²) in [6.07, 6.45) is 1.45. The number of hydrogen-bond donors (Lipinski definition) is 0. The molecule has 0 saturated carbocycles. The second-order valence-corrected chi connectivity index (χ2v) is 5.91. The number of rotatable bonds is 7. The minimum Gasteiger partial charge on any atom is -0.487 e. The first-order valence-electron chi connectivity index (χ1n) is 8.03. The van der Waals surface area contributed by atoms with Gasteiger partial charge in [-0.1, -0.05) is 41.9 Å². The van der Waals surface area contributed by atoms with E-state index < -0.39 is 0 Å². The Morgan fingerprint density at radius 1 is 1.08 bits per heavy atom. The van der Waals surface area contributed by atoms with Gasteiger partial charge in [0, 0.05) is 24.8 Å². The minimum absolute atomic E-state index is 0.321. The van der Waals surface area contributed by atoms with Crippen molar-refractivity contribution < 1.29 is 14.2 Å². The zero-order valence-corrected chi connectivity index (χ0v) is 15.0. The Balaban J connectivity index is 1.96. The smallest absolute Gasteiger partial charge is 0.163 e. The largest absolute Gasteiger partial charge is 0.487 e. The average Bonchev–Trinajstić information content (AvgIpc) is 2.68. The Kier molecular flexibility index (Phi) is 5.90. The van der Waals surface area contributed by atoms with E-state index >= 15 is 0 Å². The van der Waals surface area contributed by atoms with Crippen LogP contribution in [0.15, 0.2) is 48.7 Å². The summed E-state index contributed by atoms with van der Waals surface area (Å²) in [7, 11) is 1.61. The molecule has 0 amide bonds. The van der Waals surface area contributed by atoms with Crippen LogP contribution in [0.1, 0.15) is 11.1 Å². The maximum atomic E-state index is 9.15. The van der Waals surface area contributed by atoms with E-state index in [0.29, 0.717) is 52.8 Å². The molecular formula is C20H17ClN2O3. The number of halogens is 1. The van der Waals surface area contributed by atoms with Gasteiger partial charge in [-0.3, -0.25) is 4.98 Å². The second-order valence-electron chi connectivity index (χ2n) is 5.53. The lowest BCUT2D eigenvalue weighted by Crippen LogP contribution is -2.06. The number of ether oxygens (including phenoxy) is 3. The van der Waals surface area contributed by atoms with Crippen molar-refractivity contribution in [1.82, 2.24) is 4.98 Å². The lowest BCUT2D eigenvalue weighted by Gasteiger charge is -2.14. The Morgan fingerprint density at radius 3 is 2.58 bits per heavy atom. The average molecular weight is 369 g/mol. The van der Waals surface area contributed by atoms with E-state index in [9.17, 15) is 0 Å². The van der Waals surface area contributed by atoms with E-state index in [1.54, 1.807) is 19.2 Å². The maximum Gasteiger partial charge on any atom is 0.163 e. The van der Waals surface area contributed by atoms with E-state index in [4.69, 9.17) is 31.1 Å². The Morgan fingerprint density at radius 2 is 1.85 bits per heavy atom. The predicted molar refractivity (Wildman–Crippen MR) is 99.6 cm³/mol. The standard InChI is InChI=1S/C20H17ClN2O3/c1-24-7-8-25-19-10-17-16(20(21)15(11-22)12-23-17)9-18(19)26-13-14-5-3-2-4-6-14/h2-6,9-10,12H,7-8,13H2,1H3. The van der Waals surface area contributed by atoms with Gasteiger partial charge in [-0.15, -0.1) is 0 Å². The molecule has 0 unspecified atom stereocenters. The molecule has 1 heterocycles. The fourth-order valence-corrected chi connectivity index (χ4v) is 2.68. The number of hydrogen-bond acceptors (Lipinski definition) is 5. The van der Waals surface area contributed by atoms with Crippen LogP contribution < -0.4 is 9.47 Å². The van der Waals surface area contributed by atoms with Gasteiger partial charge in [0.15, 0.2) is 11.5 Å². The van der Waals surface area contributed by atoms with Gasteiger partial charge in [0.05, 0.1) is 22.7 Å². The molecule has 2 aromatic carbocycles. The lowest BCUT2D eigenvalue weighted by atomic mass is 10.1. The minimum atomic E-state index is 0.321. The van der Waals surface area contributed by atoms with Crippen molar-refractivity contribution in [3.05, 3.63) is 64.8 Å². The van der Waals surface area contributed by atoms with Crippen molar-refractivity contribution >= 4 is 22.5 Å². The summed E-state index contributed by atoms with van der Waals surface area (Å²) in [6, 6.07) is 15.4. The molecule has 0 N–H and O–H groups in total. The molecule has 1 aromatic heterocycles. The third-order valence-corrected chi connectivity index (χ3v) is 4.18. The first kappa shape index (κ1) is 18.0. The normalized spacial score (nSPS) is 10.5. The quantitative estimate of drug-likeness (QED) is 0.579. The topological polar surface area (TPSA) is 64.4 Å². The molecule has 0 bridgehead atoms. The Labute approximate surface area is 156 Å². The molecule has 3 aromatic rings. The van der Waals surface area contributed by atoms with Crippen LogP contribution in [0.25, 0.3) is 10.9 Å². The predicted octanol–water partition coefficient (Wildman–Crippen LogP) is 4.36. The monoisotopic (exact) mass is 368 g/mol. The zero-order chi connectivity index (χ0) is 18.4. The molecule has 6 heteroatoms. The molecule has 0 aliphatic carbocycles. The van der Waals surface area contributed by atoms with Crippen molar-refractivity contribution in [3.63, 3.8) is 0 Å². The fourth-order valence-electron chi connectivity index (χ4n) is 2.44. The summed E-state index contributed by atoms with van der Waals surface area (Å²) in [5.74, 6) is 1.09. The van der Waals surface area contributed by atoms with E-state index in [-0.39, 0.29) is 0 Å². The van der Waals surface area contributed by atoms with Crippen LogP contribution in [-0.2, 0) is 11.3 Å². The van der Waals surface area contributed by atoms with Crippen LogP contribution in [0.5, 0.6) is 11.5 Å². The van der Waals surface area contributed by atoms with Crippen LogP contribution in [0.3, 0.4) is 0 Å². The number of nitriles is 1. The second kappa shape index (κ2) is 8.52. The molecule has 3 rings (SSSR count). The highest BCUT2D eigenvalue weighted by Crippen LogP contribution is 2.36. The number of aromatic nitrogens is 1. The van der Waals surface area contributed by atoms with E-state index in [1.165, 1.54) is 6.20 Å². The number of nitrogens with zero attached hydrogens (tertiary/aromatic N) is 2. The van der Waals surface area contributed by atoms with Gasteiger partial charge in [0.25, 0.3) is 0 Å². The van der Waals surface area contributed by atoms with Crippen LogP contribution in [0.2, 0.25) is 5.02 Å². The van der Waals surface area contributed by atoms with Gasteiger partial charge in [0.1, 0.15) is 19.3 Å². The van der Waals surface area contributed by atoms with Gasteiger partial charge >= 0.3 is 0 Å². The summed E-state index contributed by atoms with van der Waals surface area (Å²) in [4.78, 5) is 4.29. The molecule has 0 saturated heterocycles. The van der Waals surface area contributed by atoms with Crippen LogP contribution in [0, 0.1) is 11.3 Å². The molecular weight excluding hydrogens is 352 g/mol. The molecule has 26 heavy (non-hydrogen) atoms. The highest BCUT2D eigenvalue weighted by atomic mass is 35.5. The van der Waals surface area contributed by atoms with E-state index in [2.05, 4.69) is 4.98 Å². The van der Waals surface area contributed by atoms with Crippen molar-refractivity contribution in [3.8, 4) is 17.6 Å². The summed E-state index contributed by atoms with van der Waals surface area (Å²) in [5, 5.41) is 10.2.